The average molecular weight is 177 g/mol. The van der Waals surface area contributed by atoms with Gasteiger partial charge in [0, 0.05) is 6.66 Å². The van der Waals surface area contributed by atoms with Crippen LogP contribution in [0.5, 0.6) is 0 Å². The van der Waals surface area contributed by atoms with Crippen molar-refractivity contribution in [2.75, 3.05) is 6.66 Å². The fourth-order valence-corrected chi connectivity index (χ4v) is 1.06. The van der Waals surface area contributed by atoms with E-state index in [0.29, 0.717) is 5.76 Å². The van der Waals surface area contributed by atoms with Crippen LogP contribution in [0.2, 0.25) is 0 Å². The van der Waals surface area contributed by atoms with Crippen LogP contribution in [0.15, 0.2) is 37.1 Å². The topological polar surface area (TPSA) is 9.23 Å². The van der Waals surface area contributed by atoms with E-state index < -0.39 is 7.50 Å². The largest absolute Gasteiger partial charge is 0.458 e. The van der Waals surface area contributed by atoms with Gasteiger partial charge < -0.3 is 4.52 Å². The average Bonchev–Trinajstić information content (AvgIpc) is 1.86. The molecule has 10 heavy (non-hydrogen) atoms. The maximum Gasteiger partial charge on any atom is 0.179 e. The maximum atomic E-state index is 5.61. The predicted molar refractivity (Wildman–Crippen MR) is 48.3 cm³/mol. The standard InChI is InChI=1S/C7H10ClOP/c1-4-6-7(5-2)9-10(3)8/h4-6H,1-2H2,3H3/b7-6+. The molecule has 0 amide bonds. The Hall–Kier alpha value is -0.260. The minimum Gasteiger partial charge on any atom is -0.458 e. The molecule has 0 radical (unpaired) electrons. The van der Waals surface area contributed by atoms with Crippen molar-refractivity contribution in [3.63, 3.8) is 0 Å². The van der Waals surface area contributed by atoms with Gasteiger partial charge in [0.2, 0.25) is 0 Å². The van der Waals surface area contributed by atoms with Crippen LogP contribution in [-0.2, 0) is 4.52 Å². The second kappa shape index (κ2) is 5.52. The first kappa shape index (κ1) is 9.74. The molecule has 0 aromatic carbocycles. The molecule has 0 saturated heterocycles. The highest BCUT2D eigenvalue weighted by atomic mass is 35.7. The third-order valence-corrected chi connectivity index (χ3v) is 1.38. The van der Waals surface area contributed by atoms with Crippen LogP contribution in [-0.4, -0.2) is 6.66 Å². The summed E-state index contributed by atoms with van der Waals surface area (Å²) in [6.07, 6.45) is 4.95. The molecule has 0 spiro atoms. The summed E-state index contributed by atoms with van der Waals surface area (Å²) in [6.45, 7) is 8.86. The summed E-state index contributed by atoms with van der Waals surface area (Å²) in [6, 6.07) is 0. The summed E-state index contributed by atoms with van der Waals surface area (Å²) in [5, 5.41) is 0. The van der Waals surface area contributed by atoms with Gasteiger partial charge in [0.1, 0.15) is 5.76 Å². The third kappa shape index (κ3) is 4.60. The summed E-state index contributed by atoms with van der Waals surface area (Å²) in [4.78, 5) is 0. The van der Waals surface area contributed by atoms with E-state index in [-0.39, 0.29) is 0 Å². The van der Waals surface area contributed by atoms with Gasteiger partial charge in [0.25, 0.3) is 0 Å². The first-order valence-electron chi connectivity index (χ1n) is 2.73. The maximum absolute atomic E-state index is 5.61. The summed E-state index contributed by atoms with van der Waals surface area (Å²) in [5.41, 5.74) is 0. The molecule has 0 aliphatic carbocycles. The molecular weight excluding hydrogens is 167 g/mol. The van der Waals surface area contributed by atoms with E-state index in [9.17, 15) is 0 Å². The normalized spacial score (nSPS) is 14.0. The summed E-state index contributed by atoms with van der Waals surface area (Å²) < 4.78 is 5.14. The van der Waals surface area contributed by atoms with Crippen molar-refractivity contribution >= 4 is 18.7 Å². The van der Waals surface area contributed by atoms with E-state index in [1.807, 2.05) is 0 Å². The minimum atomic E-state index is -0.872. The minimum absolute atomic E-state index is 0.665. The zero-order chi connectivity index (χ0) is 7.98. The van der Waals surface area contributed by atoms with Crippen LogP contribution >= 0.6 is 18.7 Å². The molecule has 0 fully saturated rings. The van der Waals surface area contributed by atoms with Gasteiger partial charge in [-0.25, -0.2) is 0 Å². The third-order valence-electron chi connectivity index (χ3n) is 0.715. The van der Waals surface area contributed by atoms with Gasteiger partial charge >= 0.3 is 0 Å². The molecule has 56 valence electrons. The molecule has 1 unspecified atom stereocenters. The smallest absolute Gasteiger partial charge is 0.179 e. The lowest BCUT2D eigenvalue weighted by atomic mass is 10.4. The van der Waals surface area contributed by atoms with Crippen LogP contribution in [0.25, 0.3) is 0 Å². The molecule has 0 N–H and O–H groups in total. The van der Waals surface area contributed by atoms with Gasteiger partial charge in [-0.3, -0.25) is 0 Å². The Kier molecular flexibility index (Phi) is 5.38. The Morgan fingerprint density at radius 3 is 2.50 bits per heavy atom. The van der Waals surface area contributed by atoms with Gasteiger partial charge in [-0.05, 0) is 12.2 Å². The van der Waals surface area contributed by atoms with Crippen LogP contribution < -0.4 is 0 Å². The second-order valence-electron chi connectivity index (χ2n) is 1.52. The van der Waals surface area contributed by atoms with E-state index in [1.165, 1.54) is 0 Å². The molecule has 0 aromatic rings. The monoisotopic (exact) mass is 176 g/mol. The number of halogens is 1. The quantitative estimate of drug-likeness (QED) is 0.362. The van der Waals surface area contributed by atoms with Crippen molar-refractivity contribution in [3.05, 3.63) is 37.1 Å². The van der Waals surface area contributed by atoms with Crippen LogP contribution in [0.4, 0.5) is 0 Å². The highest BCUT2D eigenvalue weighted by molar-refractivity contribution is 7.79. The zero-order valence-electron chi connectivity index (χ0n) is 5.88. The summed E-state index contributed by atoms with van der Waals surface area (Å²) in [7, 11) is -0.872. The first-order valence-corrected chi connectivity index (χ1v) is 5.34. The lowest BCUT2D eigenvalue weighted by Crippen LogP contribution is -1.76. The van der Waals surface area contributed by atoms with Crippen LogP contribution in [0, 0.1) is 0 Å². The van der Waals surface area contributed by atoms with Gasteiger partial charge in [-0.1, -0.05) is 30.5 Å². The summed E-state index contributed by atoms with van der Waals surface area (Å²) >= 11 is 5.61. The molecule has 0 heterocycles. The van der Waals surface area contributed by atoms with E-state index in [1.54, 1.807) is 24.9 Å². The second-order valence-corrected chi connectivity index (χ2v) is 3.97. The van der Waals surface area contributed by atoms with Gasteiger partial charge in [-0.15, -0.1) is 0 Å². The lowest BCUT2D eigenvalue weighted by molar-refractivity contribution is 0.507. The van der Waals surface area contributed by atoms with Crippen molar-refractivity contribution in [1.29, 1.82) is 0 Å². The van der Waals surface area contributed by atoms with Crippen molar-refractivity contribution in [1.82, 2.24) is 0 Å². The summed E-state index contributed by atoms with van der Waals surface area (Å²) in [5.74, 6) is 0.665. The van der Waals surface area contributed by atoms with Crippen molar-refractivity contribution in [2.45, 2.75) is 0 Å². The molecule has 0 aliphatic rings. The fraction of sp³-hybridized carbons (Fsp3) is 0.143. The Bertz CT molecular complexity index is 152. The highest BCUT2D eigenvalue weighted by Crippen LogP contribution is 2.40. The van der Waals surface area contributed by atoms with Gasteiger partial charge in [0.05, 0.1) is 0 Å². The van der Waals surface area contributed by atoms with E-state index in [4.69, 9.17) is 15.8 Å². The highest BCUT2D eigenvalue weighted by Gasteiger charge is 1.96. The predicted octanol–water partition coefficient (Wildman–Crippen LogP) is 3.44. The number of rotatable bonds is 4. The fourth-order valence-electron chi connectivity index (χ4n) is 0.397. The SMILES string of the molecule is C=C/C=C(\C=C)OP(C)Cl. The van der Waals surface area contributed by atoms with E-state index in [2.05, 4.69) is 13.2 Å². The van der Waals surface area contributed by atoms with Crippen molar-refractivity contribution < 1.29 is 4.52 Å². The lowest BCUT2D eigenvalue weighted by Gasteiger charge is -2.05. The molecule has 0 bridgehead atoms. The molecule has 1 atom stereocenters. The molecule has 0 aromatic heterocycles. The van der Waals surface area contributed by atoms with Crippen molar-refractivity contribution in [2.24, 2.45) is 0 Å². The van der Waals surface area contributed by atoms with E-state index in [0.717, 1.165) is 0 Å². The van der Waals surface area contributed by atoms with Gasteiger partial charge in [0.15, 0.2) is 7.50 Å². The molecular formula is C7H10ClOP. The molecule has 0 rings (SSSR count). The zero-order valence-corrected chi connectivity index (χ0v) is 7.53. The Balaban J connectivity index is 3.95. The first-order chi connectivity index (χ1) is 4.70. The molecule has 0 aliphatic heterocycles. The molecule has 3 heteroatoms. The number of allylic oxidation sites excluding steroid dienone is 3. The number of hydrogen-bond acceptors (Lipinski definition) is 1. The Morgan fingerprint density at radius 2 is 2.20 bits per heavy atom. The Morgan fingerprint density at radius 1 is 1.60 bits per heavy atom. The van der Waals surface area contributed by atoms with Gasteiger partial charge in [-0.2, -0.15) is 0 Å². The molecule has 0 saturated carbocycles. The number of hydrogen-bond donors (Lipinski definition) is 0. The Labute approximate surface area is 67.7 Å². The van der Waals surface area contributed by atoms with Crippen LogP contribution in [0.1, 0.15) is 0 Å². The van der Waals surface area contributed by atoms with Crippen molar-refractivity contribution in [3.8, 4) is 0 Å². The van der Waals surface area contributed by atoms with Crippen LogP contribution in [0.3, 0.4) is 0 Å². The van der Waals surface area contributed by atoms with E-state index >= 15 is 0 Å². The molecule has 1 nitrogen and oxygen atoms in total.